The molecular weight excluding hydrogens is 218 g/mol. The highest BCUT2D eigenvalue weighted by atomic mass is 32.1. The summed E-state index contributed by atoms with van der Waals surface area (Å²) >= 11 is 4.50. The Morgan fingerprint density at radius 3 is 2.31 bits per heavy atom. The second kappa shape index (κ2) is 6.27. The average Bonchev–Trinajstić information content (AvgIpc) is 2.25. The lowest BCUT2D eigenvalue weighted by molar-refractivity contribution is 0.0329. The van der Waals surface area contributed by atoms with E-state index in [9.17, 15) is 0 Å². The van der Waals surface area contributed by atoms with Gasteiger partial charge >= 0.3 is 0 Å². The first-order valence-corrected chi connectivity index (χ1v) is 6.97. The third-order valence-electron chi connectivity index (χ3n) is 3.77. The van der Waals surface area contributed by atoms with Crippen molar-refractivity contribution < 1.29 is 4.74 Å². The summed E-state index contributed by atoms with van der Waals surface area (Å²) in [7, 11) is 2.25. The third kappa shape index (κ3) is 4.27. The van der Waals surface area contributed by atoms with Gasteiger partial charge in [-0.1, -0.05) is 20.8 Å². The number of nitrogens with zero attached hydrogens (tertiary/aromatic N) is 1. The molecule has 1 fully saturated rings. The van der Waals surface area contributed by atoms with Crippen LogP contribution in [0.4, 0.5) is 0 Å². The molecule has 0 aromatic heterocycles. The van der Waals surface area contributed by atoms with Crippen LogP contribution in [0.2, 0.25) is 0 Å². The van der Waals surface area contributed by atoms with E-state index in [1.54, 1.807) is 0 Å². The van der Waals surface area contributed by atoms with Crippen LogP contribution in [0.1, 0.15) is 33.6 Å². The Labute approximate surface area is 106 Å². The second-order valence-electron chi connectivity index (χ2n) is 6.03. The molecule has 0 aromatic carbocycles. The van der Waals surface area contributed by atoms with Gasteiger partial charge in [-0.2, -0.15) is 12.6 Å². The van der Waals surface area contributed by atoms with Crippen LogP contribution in [0.15, 0.2) is 0 Å². The van der Waals surface area contributed by atoms with Gasteiger partial charge < -0.3 is 9.64 Å². The largest absolute Gasteiger partial charge is 0.381 e. The van der Waals surface area contributed by atoms with Crippen molar-refractivity contribution in [3.05, 3.63) is 0 Å². The SMILES string of the molecule is CN(CC(CS)C(C)(C)C)C1CCOCC1. The van der Waals surface area contributed by atoms with Crippen LogP contribution in [-0.2, 0) is 4.74 Å². The molecule has 0 radical (unpaired) electrons. The molecule has 0 amide bonds. The molecule has 0 aliphatic carbocycles. The van der Waals surface area contributed by atoms with Crippen molar-refractivity contribution in [2.45, 2.75) is 39.7 Å². The molecule has 0 saturated carbocycles. The molecule has 96 valence electrons. The molecule has 1 aliphatic heterocycles. The average molecular weight is 245 g/mol. The predicted molar refractivity (Wildman–Crippen MR) is 73.3 cm³/mol. The minimum Gasteiger partial charge on any atom is -0.381 e. The van der Waals surface area contributed by atoms with E-state index in [0.717, 1.165) is 25.5 Å². The molecule has 0 aromatic rings. The summed E-state index contributed by atoms with van der Waals surface area (Å²) < 4.78 is 5.41. The van der Waals surface area contributed by atoms with Crippen molar-refractivity contribution in [2.24, 2.45) is 11.3 Å². The molecule has 0 bridgehead atoms. The van der Waals surface area contributed by atoms with Gasteiger partial charge in [0.25, 0.3) is 0 Å². The van der Waals surface area contributed by atoms with Crippen molar-refractivity contribution in [1.82, 2.24) is 4.90 Å². The summed E-state index contributed by atoms with van der Waals surface area (Å²) in [6.07, 6.45) is 2.36. The Hall–Kier alpha value is 0.270. The molecule has 1 atom stereocenters. The highest BCUT2D eigenvalue weighted by molar-refractivity contribution is 7.80. The molecule has 1 rings (SSSR count). The van der Waals surface area contributed by atoms with Gasteiger partial charge in [0, 0.05) is 25.8 Å². The van der Waals surface area contributed by atoms with Crippen LogP contribution >= 0.6 is 12.6 Å². The number of hydrogen-bond donors (Lipinski definition) is 1. The monoisotopic (exact) mass is 245 g/mol. The highest BCUT2D eigenvalue weighted by Gasteiger charge is 2.27. The lowest BCUT2D eigenvalue weighted by Crippen LogP contribution is -2.42. The van der Waals surface area contributed by atoms with Gasteiger partial charge in [0.15, 0.2) is 0 Å². The quantitative estimate of drug-likeness (QED) is 0.765. The smallest absolute Gasteiger partial charge is 0.0480 e. The van der Waals surface area contributed by atoms with Crippen LogP contribution in [0.5, 0.6) is 0 Å². The third-order valence-corrected chi connectivity index (χ3v) is 4.21. The second-order valence-corrected chi connectivity index (χ2v) is 6.39. The van der Waals surface area contributed by atoms with Crippen molar-refractivity contribution >= 4 is 12.6 Å². The van der Waals surface area contributed by atoms with Crippen LogP contribution < -0.4 is 0 Å². The minimum atomic E-state index is 0.348. The Balaban J connectivity index is 2.44. The first-order chi connectivity index (χ1) is 7.45. The summed E-state index contributed by atoms with van der Waals surface area (Å²) in [5.41, 5.74) is 0.348. The fourth-order valence-electron chi connectivity index (χ4n) is 2.23. The van der Waals surface area contributed by atoms with Gasteiger partial charge in [0.1, 0.15) is 0 Å². The maximum Gasteiger partial charge on any atom is 0.0480 e. The van der Waals surface area contributed by atoms with E-state index in [1.807, 2.05) is 0 Å². The summed E-state index contributed by atoms with van der Waals surface area (Å²) in [5.74, 6) is 1.63. The molecule has 2 nitrogen and oxygen atoms in total. The van der Waals surface area contributed by atoms with E-state index in [0.29, 0.717) is 17.4 Å². The van der Waals surface area contributed by atoms with Crippen LogP contribution in [-0.4, -0.2) is 43.5 Å². The normalized spacial score (nSPS) is 21.4. The van der Waals surface area contributed by atoms with E-state index < -0.39 is 0 Å². The van der Waals surface area contributed by atoms with Crippen molar-refractivity contribution in [3.63, 3.8) is 0 Å². The van der Waals surface area contributed by atoms with Gasteiger partial charge in [-0.15, -0.1) is 0 Å². The first kappa shape index (κ1) is 14.3. The predicted octanol–water partition coefficient (Wildman–Crippen LogP) is 2.69. The van der Waals surface area contributed by atoms with Gasteiger partial charge in [0.05, 0.1) is 0 Å². The van der Waals surface area contributed by atoms with Gasteiger partial charge in [0.2, 0.25) is 0 Å². The lowest BCUT2D eigenvalue weighted by atomic mass is 9.81. The molecule has 0 N–H and O–H groups in total. The van der Waals surface area contributed by atoms with Crippen LogP contribution in [0.3, 0.4) is 0 Å². The van der Waals surface area contributed by atoms with Crippen molar-refractivity contribution in [3.8, 4) is 0 Å². The summed E-state index contributed by atoms with van der Waals surface area (Å²) in [4.78, 5) is 2.51. The van der Waals surface area contributed by atoms with E-state index >= 15 is 0 Å². The van der Waals surface area contributed by atoms with E-state index in [2.05, 4.69) is 45.3 Å². The molecule has 3 heteroatoms. The number of rotatable bonds is 4. The van der Waals surface area contributed by atoms with E-state index in [4.69, 9.17) is 4.74 Å². The standard InChI is InChI=1S/C13H27NOS/c1-13(2,3)11(10-16)9-14(4)12-5-7-15-8-6-12/h11-12,16H,5-10H2,1-4H3. The summed E-state index contributed by atoms with van der Waals surface area (Å²) in [6.45, 7) is 9.94. The Bertz CT molecular complexity index is 197. The van der Waals surface area contributed by atoms with Crippen LogP contribution in [0.25, 0.3) is 0 Å². The fraction of sp³-hybridized carbons (Fsp3) is 1.00. The molecular formula is C13H27NOS. The topological polar surface area (TPSA) is 12.5 Å². The molecule has 1 unspecified atom stereocenters. The first-order valence-electron chi connectivity index (χ1n) is 6.34. The van der Waals surface area contributed by atoms with E-state index in [1.165, 1.54) is 12.8 Å². The van der Waals surface area contributed by atoms with E-state index in [-0.39, 0.29) is 0 Å². The van der Waals surface area contributed by atoms with Crippen molar-refractivity contribution in [1.29, 1.82) is 0 Å². The summed E-state index contributed by atoms with van der Waals surface area (Å²) in [5, 5.41) is 0. The van der Waals surface area contributed by atoms with Gasteiger partial charge in [-0.25, -0.2) is 0 Å². The zero-order chi connectivity index (χ0) is 12.2. The Kier molecular flexibility index (Phi) is 5.62. The minimum absolute atomic E-state index is 0.348. The summed E-state index contributed by atoms with van der Waals surface area (Å²) in [6, 6.07) is 0.707. The Morgan fingerprint density at radius 1 is 1.31 bits per heavy atom. The fourth-order valence-corrected chi connectivity index (χ4v) is 2.89. The zero-order valence-electron chi connectivity index (χ0n) is 11.2. The molecule has 1 aliphatic rings. The Morgan fingerprint density at radius 2 is 1.88 bits per heavy atom. The maximum absolute atomic E-state index is 5.41. The number of thiol groups is 1. The van der Waals surface area contributed by atoms with Gasteiger partial charge in [-0.3, -0.25) is 0 Å². The number of ether oxygens (including phenoxy) is 1. The lowest BCUT2D eigenvalue weighted by Gasteiger charge is -2.37. The zero-order valence-corrected chi connectivity index (χ0v) is 12.1. The molecule has 1 heterocycles. The number of hydrogen-bond acceptors (Lipinski definition) is 3. The van der Waals surface area contributed by atoms with Crippen molar-refractivity contribution in [2.75, 3.05) is 32.6 Å². The molecule has 16 heavy (non-hydrogen) atoms. The molecule has 0 spiro atoms. The molecule has 1 saturated heterocycles. The van der Waals surface area contributed by atoms with Crippen LogP contribution in [0, 0.1) is 11.3 Å². The maximum atomic E-state index is 5.41. The highest BCUT2D eigenvalue weighted by Crippen LogP contribution is 2.28. The van der Waals surface area contributed by atoms with Gasteiger partial charge in [-0.05, 0) is 37.0 Å².